The molecule has 0 bridgehead atoms. The van der Waals surface area contributed by atoms with Gasteiger partial charge in [0.1, 0.15) is 5.75 Å². The summed E-state index contributed by atoms with van der Waals surface area (Å²) in [6.07, 6.45) is 1.11. The number of aromatic hydroxyl groups is 1. The van der Waals surface area contributed by atoms with E-state index in [0.29, 0.717) is 5.56 Å². The Bertz CT molecular complexity index is 1400. The molecule has 2 unspecified atom stereocenters. The van der Waals surface area contributed by atoms with E-state index in [2.05, 4.69) is 0 Å². The van der Waals surface area contributed by atoms with Crippen molar-refractivity contribution in [1.29, 1.82) is 0 Å². The molecular weight excluding hydrogens is 488 g/mol. The van der Waals surface area contributed by atoms with Gasteiger partial charge in [0, 0.05) is 5.92 Å². The van der Waals surface area contributed by atoms with E-state index in [1.165, 1.54) is 11.0 Å². The van der Waals surface area contributed by atoms with Crippen molar-refractivity contribution in [3.05, 3.63) is 53.1 Å². The Kier molecular flexibility index (Phi) is 6.11. The van der Waals surface area contributed by atoms with E-state index in [4.69, 9.17) is 5.73 Å². The molecule has 9 heteroatoms. The smallest absolute Gasteiger partial charge is 0.235 e. The third-order valence-electron chi connectivity index (χ3n) is 8.62. The van der Waals surface area contributed by atoms with Crippen molar-refractivity contribution in [2.24, 2.45) is 29.4 Å². The lowest BCUT2D eigenvalue weighted by molar-refractivity contribution is -0.181. The number of nitrogens with two attached hydrogens (primary N) is 1. The van der Waals surface area contributed by atoms with Crippen LogP contribution in [0.5, 0.6) is 5.75 Å². The molecule has 9 nitrogen and oxygen atoms in total. The van der Waals surface area contributed by atoms with Gasteiger partial charge in [0.2, 0.25) is 5.91 Å². The SMILES string of the molecule is CCc1ccc(-c2ccc(O)c3c2C[C@H]2C[C@H]4[C@H](N(C)C)C(=O)C(C(N)=O)C(=O)[C@@]4(O)C(=O)C2C3=O)cc1. The number of phenols is 1. The molecular formula is C29H30N2O7. The predicted octanol–water partition coefficient (Wildman–Crippen LogP) is 1.10. The second kappa shape index (κ2) is 8.96. The Balaban J connectivity index is 1.64. The van der Waals surface area contributed by atoms with Crippen LogP contribution in [0.2, 0.25) is 0 Å². The molecule has 38 heavy (non-hydrogen) atoms. The average Bonchev–Trinajstić information content (AvgIpc) is 2.86. The molecule has 5 rings (SSSR count). The Labute approximate surface area is 219 Å². The fourth-order valence-electron chi connectivity index (χ4n) is 6.80. The molecule has 198 valence electrons. The van der Waals surface area contributed by atoms with Gasteiger partial charge >= 0.3 is 0 Å². The molecule has 0 radical (unpaired) electrons. The van der Waals surface area contributed by atoms with Gasteiger partial charge in [-0.2, -0.15) is 0 Å². The van der Waals surface area contributed by atoms with Crippen molar-refractivity contribution < 1.29 is 34.2 Å². The monoisotopic (exact) mass is 518 g/mol. The summed E-state index contributed by atoms with van der Waals surface area (Å²) in [5.74, 6) is -10.4. The number of likely N-dealkylation sites (N-methyl/N-ethyl adjacent to an activating group) is 1. The number of primary amides is 1. The number of aryl methyl sites for hydroxylation is 1. The molecule has 2 aromatic carbocycles. The summed E-state index contributed by atoms with van der Waals surface area (Å²) in [6, 6.07) is 9.87. The lowest BCUT2D eigenvalue weighted by Gasteiger charge is -2.52. The first-order chi connectivity index (χ1) is 17.9. The zero-order chi connectivity index (χ0) is 27.7. The minimum Gasteiger partial charge on any atom is -0.507 e. The van der Waals surface area contributed by atoms with E-state index >= 15 is 0 Å². The Morgan fingerprint density at radius 3 is 2.29 bits per heavy atom. The lowest BCUT2D eigenvalue weighted by atomic mass is 9.52. The number of benzene rings is 2. The molecule has 0 heterocycles. The zero-order valence-corrected chi connectivity index (χ0v) is 21.4. The first kappa shape index (κ1) is 25.9. The number of carbonyl (C=O) groups excluding carboxylic acids is 5. The summed E-state index contributed by atoms with van der Waals surface area (Å²) in [5.41, 5.74) is 5.94. The van der Waals surface area contributed by atoms with Crippen LogP contribution < -0.4 is 5.73 Å². The summed E-state index contributed by atoms with van der Waals surface area (Å²) < 4.78 is 0. The Morgan fingerprint density at radius 1 is 1.05 bits per heavy atom. The van der Waals surface area contributed by atoms with E-state index in [-0.39, 0.29) is 24.2 Å². The van der Waals surface area contributed by atoms with Crippen LogP contribution in [0.4, 0.5) is 0 Å². The molecule has 3 aliphatic rings. The van der Waals surface area contributed by atoms with Crippen molar-refractivity contribution in [2.45, 2.75) is 37.8 Å². The quantitative estimate of drug-likeness (QED) is 0.508. The number of fused-ring (bicyclic) bond motifs is 3. The fraction of sp³-hybridized carbons (Fsp3) is 0.414. The van der Waals surface area contributed by atoms with Gasteiger partial charge in [-0.3, -0.25) is 28.9 Å². The van der Waals surface area contributed by atoms with E-state index < -0.39 is 64.4 Å². The molecule has 1 amide bonds. The van der Waals surface area contributed by atoms with Crippen LogP contribution in [0.3, 0.4) is 0 Å². The van der Waals surface area contributed by atoms with Crippen LogP contribution in [0.1, 0.15) is 34.8 Å². The highest BCUT2D eigenvalue weighted by atomic mass is 16.3. The topological polar surface area (TPSA) is 155 Å². The van der Waals surface area contributed by atoms with E-state index in [1.54, 1.807) is 20.2 Å². The van der Waals surface area contributed by atoms with Crippen LogP contribution in [-0.2, 0) is 32.0 Å². The van der Waals surface area contributed by atoms with Crippen LogP contribution >= 0.6 is 0 Å². The van der Waals surface area contributed by atoms with Gasteiger partial charge in [0.05, 0.1) is 17.5 Å². The number of rotatable bonds is 4. The highest BCUT2D eigenvalue weighted by Gasteiger charge is 2.69. The summed E-state index contributed by atoms with van der Waals surface area (Å²) in [4.78, 5) is 67.7. The average molecular weight is 519 g/mol. The lowest BCUT2D eigenvalue weighted by Crippen LogP contribution is -2.74. The maximum Gasteiger partial charge on any atom is 0.235 e. The number of hydrogen-bond acceptors (Lipinski definition) is 8. The summed E-state index contributed by atoms with van der Waals surface area (Å²) in [5, 5.41) is 22.3. The Morgan fingerprint density at radius 2 is 1.71 bits per heavy atom. The molecule has 2 aromatic rings. The summed E-state index contributed by atoms with van der Waals surface area (Å²) >= 11 is 0. The second-order valence-corrected chi connectivity index (χ2v) is 10.8. The van der Waals surface area contributed by atoms with Gasteiger partial charge in [0.15, 0.2) is 34.7 Å². The number of phenolic OH excluding ortho intramolecular Hbond substituents is 1. The molecule has 3 aliphatic carbocycles. The van der Waals surface area contributed by atoms with Crippen molar-refractivity contribution in [2.75, 3.05) is 14.1 Å². The third-order valence-corrected chi connectivity index (χ3v) is 8.62. The largest absolute Gasteiger partial charge is 0.507 e. The van der Waals surface area contributed by atoms with Gasteiger partial charge < -0.3 is 15.9 Å². The van der Waals surface area contributed by atoms with E-state index in [0.717, 1.165) is 23.1 Å². The minimum atomic E-state index is -2.72. The second-order valence-electron chi connectivity index (χ2n) is 10.8. The molecule has 6 atom stereocenters. The molecule has 2 saturated carbocycles. The van der Waals surface area contributed by atoms with E-state index in [9.17, 15) is 34.2 Å². The van der Waals surface area contributed by atoms with Crippen molar-refractivity contribution >= 4 is 29.0 Å². The van der Waals surface area contributed by atoms with Crippen LogP contribution in [0.25, 0.3) is 11.1 Å². The van der Waals surface area contributed by atoms with Gasteiger partial charge in [-0.05, 0) is 67.6 Å². The first-order valence-corrected chi connectivity index (χ1v) is 12.7. The van der Waals surface area contributed by atoms with Gasteiger partial charge in [-0.25, -0.2) is 0 Å². The maximum atomic E-state index is 13.9. The molecule has 0 spiro atoms. The number of ketones is 4. The molecule has 4 N–H and O–H groups in total. The van der Waals surface area contributed by atoms with Gasteiger partial charge in [-0.15, -0.1) is 0 Å². The molecule has 0 saturated heterocycles. The number of aliphatic hydroxyl groups is 1. The summed E-state index contributed by atoms with van der Waals surface area (Å²) in [6.45, 7) is 2.05. The molecule has 0 aliphatic heterocycles. The normalized spacial score (nSPS) is 30.6. The Hall–Kier alpha value is -3.69. The maximum absolute atomic E-state index is 13.9. The third kappa shape index (κ3) is 3.49. The highest BCUT2D eigenvalue weighted by molar-refractivity contribution is 6.32. The summed E-state index contributed by atoms with van der Waals surface area (Å²) in [7, 11) is 3.12. The minimum absolute atomic E-state index is 0.00587. The van der Waals surface area contributed by atoms with Crippen LogP contribution in [0, 0.1) is 23.7 Å². The number of amides is 1. The number of Topliss-reactive ketones (excluding diaryl/α,β-unsaturated/α-hetero) is 4. The number of hydrogen-bond donors (Lipinski definition) is 3. The predicted molar refractivity (Wildman–Crippen MR) is 136 cm³/mol. The number of nitrogens with zero attached hydrogens (tertiary/aromatic N) is 1. The standard InChI is InChI=1S/C29H30N2O7/c1-4-13-5-7-14(8-6-13)16-9-10-19(32)21-17(16)11-15-12-18-23(31(2)3)25(34)22(28(30)37)27(36)29(18,38)26(35)20(15)24(21)33/h5-10,15,18,20,22-23,32,38H,4,11-12H2,1-3H3,(H2,30,37)/t15-,18-,20?,22?,23-,29-/m0/s1. The number of carbonyl (C=O) groups is 5. The van der Waals surface area contributed by atoms with Crippen LogP contribution in [0.15, 0.2) is 36.4 Å². The van der Waals surface area contributed by atoms with Gasteiger partial charge in [0.25, 0.3) is 0 Å². The zero-order valence-electron chi connectivity index (χ0n) is 21.4. The van der Waals surface area contributed by atoms with Crippen molar-refractivity contribution in [3.63, 3.8) is 0 Å². The first-order valence-electron chi connectivity index (χ1n) is 12.7. The van der Waals surface area contributed by atoms with Crippen LogP contribution in [-0.4, -0.2) is 69.9 Å². The van der Waals surface area contributed by atoms with Crippen molar-refractivity contribution in [1.82, 2.24) is 4.90 Å². The molecule has 0 aromatic heterocycles. The van der Waals surface area contributed by atoms with E-state index in [1.807, 2.05) is 31.2 Å². The highest BCUT2D eigenvalue weighted by Crippen LogP contribution is 2.51. The molecule has 2 fully saturated rings. The van der Waals surface area contributed by atoms with Gasteiger partial charge in [-0.1, -0.05) is 37.3 Å². The fourth-order valence-corrected chi connectivity index (χ4v) is 6.80. The van der Waals surface area contributed by atoms with Crippen molar-refractivity contribution in [3.8, 4) is 16.9 Å².